The predicted octanol–water partition coefficient (Wildman–Crippen LogP) is 3.86. The largest absolute Gasteiger partial charge is 0.364 e. The Kier molecular flexibility index (Phi) is 3.85. The maximum atomic E-state index is 6.19. The van der Waals surface area contributed by atoms with Crippen LogP contribution in [0.15, 0.2) is 42.3 Å². The van der Waals surface area contributed by atoms with Crippen molar-refractivity contribution in [3.8, 4) is 0 Å². The van der Waals surface area contributed by atoms with Crippen LogP contribution in [0.5, 0.6) is 0 Å². The van der Waals surface area contributed by atoms with Gasteiger partial charge in [-0.2, -0.15) is 0 Å². The molecule has 2 heterocycles. The molecule has 0 bridgehead atoms. The molecule has 0 unspecified atom stereocenters. The topological polar surface area (TPSA) is 25.4 Å². The Balaban J connectivity index is 1.77. The fourth-order valence-electron chi connectivity index (χ4n) is 2.88. The smallest absolute Gasteiger partial charge is 0.108 e. The number of rotatable bonds is 5. The van der Waals surface area contributed by atoms with E-state index in [-0.39, 0.29) is 5.60 Å². The lowest BCUT2D eigenvalue weighted by Gasteiger charge is -2.35. The highest BCUT2D eigenvalue weighted by atomic mass is 16.5. The first kappa shape index (κ1) is 14.3. The van der Waals surface area contributed by atoms with E-state index in [1.54, 1.807) is 0 Å². The molecule has 3 heteroatoms. The number of nitrogens with zero attached hydrogens (tertiary/aromatic N) is 2. The Morgan fingerprint density at radius 2 is 2.33 bits per heavy atom. The predicted molar refractivity (Wildman–Crippen MR) is 86.4 cm³/mol. The van der Waals surface area contributed by atoms with Gasteiger partial charge in [-0.1, -0.05) is 18.2 Å². The highest BCUT2D eigenvalue weighted by Gasteiger charge is 2.49. The molecule has 0 radical (unpaired) electrons. The minimum absolute atomic E-state index is 0.144. The summed E-state index contributed by atoms with van der Waals surface area (Å²) in [6, 6.07) is 4.16. The molecule has 21 heavy (non-hydrogen) atoms. The molecule has 3 nitrogen and oxygen atoms in total. The van der Waals surface area contributed by atoms with Gasteiger partial charge in [-0.15, -0.1) is 0 Å². The maximum Gasteiger partial charge on any atom is 0.108 e. The van der Waals surface area contributed by atoms with Gasteiger partial charge < -0.3 is 9.64 Å². The molecule has 1 fully saturated rings. The summed E-state index contributed by atoms with van der Waals surface area (Å²) in [7, 11) is 0. The zero-order valence-electron chi connectivity index (χ0n) is 13.1. The van der Waals surface area contributed by atoms with Gasteiger partial charge in [-0.3, -0.25) is 4.98 Å². The normalized spacial score (nSPS) is 20.1. The van der Waals surface area contributed by atoms with Gasteiger partial charge in [0, 0.05) is 18.4 Å². The summed E-state index contributed by atoms with van der Waals surface area (Å²) in [5, 5.41) is 0. The highest BCUT2D eigenvalue weighted by Crippen LogP contribution is 2.48. The van der Waals surface area contributed by atoms with Gasteiger partial charge in [-0.05, 0) is 51.7 Å². The Hall–Kier alpha value is -1.61. The second kappa shape index (κ2) is 5.64. The lowest BCUT2D eigenvalue weighted by Crippen LogP contribution is -2.36. The molecule has 0 N–H and O–H groups in total. The molecule has 0 spiro atoms. The van der Waals surface area contributed by atoms with Crippen LogP contribution in [-0.4, -0.2) is 23.7 Å². The number of hydrogen-bond donors (Lipinski definition) is 0. The second-order valence-electron chi connectivity index (χ2n) is 6.09. The van der Waals surface area contributed by atoms with Crippen LogP contribution >= 0.6 is 0 Å². The van der Waals surface area contributed by atoms with Gasteiger partial charge >= 0.3 is 0 Å². The van der Waals surface area contributed by atoms with Crippen LogP contribution in [0, 0.1) is 0 Å². The highest BCUT2D eigenvalue weighted by molar-refractivity contribution is 5.59. The number of allylic oxidation sites excluding steroid dienone is 1. The minimum Gasteiger partial charge on any atom is -0.364 e. The summed E-state index contributed by atoms with van der Waals surface area (Å²) in [5.41, 5.74) is 4.64. The van der Waals surface area contributed by atoms with Crippen molar-refractivity contribution in [2.75, 3.05) is 18.1 Å². The number of aryl methyl sites for hydroxylation is 1. The number of hydrogen-bond acceptors (Lipinski definition) is 3. The van der Waals surface area contributed by atoms with Crippen LogP contribution in [0.25, 0.3) is 0 Å². The Morgan fingerprint density at radius 1 is 1.52 bits per heavy atom. The number of aromatic nitrogens is 1. The molecule has 1 aromatic heterocycles. The van der Waals surface area contributed by atoms with Gasteiger partial charge in [-0.25, -0.2) is 0 Å². The second-order valence-corrected chi connectivity index (χ2v) is 6.09. The third kappa shape index (κ3) is 2.75. The Morgan fingerprint density at radius 3 is 3.05 bits per heavy atom. The molecular formula is C18H24N2O. The first-order valence-electron chi connectivity index (χ1n) is 7.83. The van der Waals surface area contributed by atoms with E-state index >= 15 is 0 Å². The maximum absolute atomic E-state index is 6.19. The van der Waals surface area contributed by atoms with E-state index in [0.29, 0.717) is 6.61 Å². The van der Waals surface area contributed by atoms with Crippen LogP contribution in [-0.2, 0) is 11.2 Å². The van der Waals surface area contributed by atoms with Crippen molar-refractivity contribution in [1.29, 1.82) is 0 Å². The summed E-state index contributed by atoms with van der Waals surface area (Å²) in [4.78, 5) is 6.83. The molecule has 1 aliphatic carbocycles. The monoisotopic (exact) mass is 284 g/mol. The Bertz CT molecular complexity index is 572. The fourth-order valence-corrected chi connectivity index (χ4v) is 2.88. The standard InChI is InChI=1S/C18H24N2O/c1-4-14(2)13-21-18(9-10-18)15(3)20-12-6-7-16-17(20)8-5-11-19-16/h4-5,8,11H,3,6-7,9-10,12-13H2,1-2H3. The lowest BCUT2D eigenvalue weighted by atomic mass is 10.0. The SMILES string of the molecule is C=C(N1CCCc2ncccc21)C1(OCC(C)=CC)CC1. The van der Waals surface area contributed by atoms with E-state index in [1.807, 2.05) is 12.3 Å². The van der Waals surface area contributed by atoms with Gasteiger partial charge in [0.1, 0.15) is 5.60 Å². The van der Waals surface area contributed by atoms with E-state index in [4.69, 9.17) is 4.74 Å². The van der Waals surface area contributed by atoms with E-state index in [9.17, 15) is 0 Å². The van der Waals surface area contributed by atoms with Crippen LogP contribution in [0.3, 0.4) is 0 Å². The molecular weight excluding hydrogens is 260 g/mol. The number of ether oxygens (including phenoxy) is 1. The summed E-state index contributed by atoms with van der Waals surface area (Å²) < 4.78 is 6.19. The summed E-state index contributed by atoms with van der Waals surface area (Å²) in [6.07, 6.45) is 8.34. The molecule has 1 aliphatic heterocycles. The third-order valence-electron chi connectivity index (χ3n) is 4.58. The van der Waals surface area contributed by atoms with Crippen molar-refractivity contribution < 1.29 is 4.74 Å². The van der Waals surface area contributed by atoms with Crippen molar-refractivity contribution in [3.05, 3.63) is 47.9 Å². The first-order chi connectivity index (χ1) is 10.2. The van der Waals surface area contributed by atoms with Crippen molar-refractivity contribution in [2.45, 2.75) is 45.1 Å². The average Bonchev–Trinajstić information content (AvgIpc) is 3.32. The number of anilines is 1. The summed E-state index contributed by atoms with van der Waals surface area (Å²) >= 11 is 0. The minimum atomic E-state index is -0.144. The molecule has 1 saturated carbocycles. The van der Waals surface area contributed by atoms with Gasteiger partial charge in [0.05, 0.1) is 18.0 Å². The first-order valence-corrected chi connectivity index (χ1v) is 7.83. The van der Waals surface area contributed by atoms with Crippen molar-refractivity contribution in [3.63, 3.8) is 0 Å². The fraction of sp³-hybridized carbons (Fsp3) is 0.500. The van der Waals surface area contributed by atoms with Gasteiger partial charge in [0.15, 0.2) is 0 Å². The lowest BCUT2D eigenvalue weighted by molar-refractivity contribution is 0.0741. The number of fused-ring (bicyclic) bond motifs is 1. The molecule has 1 aromatic rings. The van der Waals surface area contributed by atoms with Crippen molar-refractivity contribution in [1.82, 2.24) is 4.98 Å². The van der Waals surface area contributed by atoms with Crippen molar-refractivity contribution in [2.24, 2.45) is 0 Å². The molecule has 0 aromatic carbocycles. The number of pyridine rings is 1. The van der Waals surface area contributed by atoms with E-state index in [2.05, 4.69) is 42.5 Å². The van der Waals surface area contributed by atoms with Crippen molar-refractivity contribution >= 4 is 5.69 Å². The third-order valence-corrected chi connectivity index (χ3v) is 4.58. The van der Waals surface area contributed by atoms with Crippen LogP contribution in [0.2, 0.25) is 0 Å². The molecule has 112 valence electrons. The van der Waals surface area contributed by atoms with Crippen LogP contribution < -0.4 is 4.90 Å². The van der Waals surface area contributed by atoms with Gasteiger partial charge in [0.25, 0.3) is 0 Å². The molecule has 3 rings (SSSR count). The van der Waals surface area contributed by atoms with E-state index < -0.39 is 0 Å². The van der Waals surface area contributed by atoms with Gasteiger partial charge in [0.2, 0.25) is 0 Å². The zero-order valence-corrected chi connectivity index (χ0v) is 13.1. The molecule has 2 aliphatic rings. The van der Waals surface area contributed by atoms with Crippen LogP contribution in [0.4, 0.5) is 5.69 Å². The zero-order chi connectivity index (χ0) is 14.9. The van der Waals surface area contributed by atoms with E-state index in [1.165, 1.54) is 17.0 Å². The average molecular weight is 284 g/mol. The Labute approximate surface area is 127 Å². The van der Waals surface area contributed by atoms with Crippen LogP contribution in [0.1, 0.15) is 38.8 Å². The molecule has 0 amide bonds. The summed E-state index contributed by atoms with van der Waals surface area (Å²) in [5.74, 6) is 0. The molecule has 0 atom stereocenters. The molecule has 0 saturated heterocycles. The quantitative estimate of drug-likeness (QED) is 0.768. The van der Waals surface area contributed by atoms with E-state index in [0.717, 1.165) is 37.9 Å². The summed E-state index contributed by atoms with van der Waals surface area (Å²) in [6.45, 7) is 10.3.